The number of imidazole rings is 1. The first-order chi connectivity index (χ1) is 15.7. The Kier molecular flexibility index (Phi) is 4.29. The van der Waals surface area contributed by atoms with E-state index in [9.17, 15) is 0 Å². The fourth-order valence-corrected chi connectivity index (χ4v) is 4.30. The molecule has 1 aliphatic heterocycles. The maximum absolute atomic E-state index is 5.93. The zero-order chi connectivity index (χ0) is 21.7. The first-order valence-corrected chi connectivity index (χ1v) is 10.6. The van der Waals surface area contributed by atoms with Crippen LogP contribution in [0.15, 0.2) is 49.1 Å². The first-order valence-electron chi connectivity index (χ1n) is 10.6. The molecule has 4 aromatic heterocycles. The number of piperazine rings is 1. The van der Waals surface area contributed by atoms with Gasteiger partial charge in [-0.3, -0.25) is 15.1 Å². The van der Waals surface area contributed by atoms with Gasteiger partial charge in [-0.1, -0.05) is 6.07 Å². The number of fused-ring (bicyclic) bond motifs is 2. The van der Waals surface area contributed by atoms with E-state index >= 15 is 0 Å². The van der Waals surface area contributed by atoms with Gasteiger partial charge in [-0.05, 0) is 30.8 Å². The van der Waals surface area contributed by atoms with Gasteiger partial charge in [0.1, 0.15) is 11.2 Å². The maximum Gasteiger partial charge on any atom is 0.159 e. The lowest BCUT2D eigenvalue weighted by atomic mass is 10.0. The van der Waals surface area contributed by atoms with Crippen molar-refractivity contribution in [3.05, 3.63) is 49.1 Å². The van der Waals surface area contributed by atoms with Crippen LogP contribution in [0.3, 0.4) is 0 Å². The van der Waals surface area contributed by atoms with Crippen LogP contribution < -0.4 is 10.6 Å². The van der Waals surface area contributed by atoms with Gasteiger partial charge in [0, 0.05) is 49.5 Å². The summed E-state index contributed by atoms with van der Waals surface area (Å²) in [4.78, 5) is 21.7. The molecule has 5 aromatic rings. The average Bonchev–Trinajstić information content (AvgIpc) is 3.43. The molecule has 6 rings (SSSR count). The summed E-state index contributed by atoms with van der Waals surface area (Å²) in [5.74, 6) is 0.720. The fraction of sp³-hybridized carbons (Fsp3) is 0.217. The highest BCUT2D eigenvalue weighted by Crippen LogP contribution is 2.32. The van der Waals surface area contributed by atoms with Crippen LogP contribution >= 0.6 is 0 Å². The van der Waals surface area contributed by atoms with E-state index < -0.39 is 0 Å². The Labute approximate surface area is 184 Å². The molecular weight excluding hydrogens is 402 g/mol. The summed E-state index contributed by atoms with van der Waals surface area (Å²) in [6.07, 6.45) is 7.19. The number of likely N-dealkylation sites (N-methyl/N-ethyl adjacent to an activating group) is 1. The minimum Gasteiger partial charge on any atom is -0.397 e. The molecule has 9 nitrogen and oxygen atoms in total. The monoisotopic (exact) mass is 425 g/mol. The number of aromatic amines is 2. The molecule has 0 amide bonds. The highest BCUT2D eigenvalue weighted by Gasteiger charge is 2.20. The van der Waals surface area contributed by atoms with Crippen LogP contribution in [-0.4, -0.2) is 68.3 Å². The Morgan fingerprint density at radius 1 is 0.906 bits per heavy atom. The number of anilines is 2. The second-order valence-electron chi connectivity index (χ2n) is 8.27. The summed E-state index contributed by atoms with van der Waals surface area (Å²) in [6, 6.07) is 8.07. The predicted molar refractivity (Wildman–Crippen MR) is 126 cm³/mol. The van der Waals surface area contributed by atoms with Crippen molar-refractivity contribution in [1.29, 1.82) is 0 Å². The largest absolute Gasteiger partial charge is 0.397 e. The molecule has 0 bridgehead atoms. The Morgan fingerprint density at radius 2 is 1.75 bits per heavy atom. The van der Waals surface area contributed by atoms with Gasteiger partial charge in [-0.15, -0.1) is 0 Å². The van der Waals surface area contributed by atoms with Gasteiger partial charge >= 0.3 is 0 Å². The predicted octanol–water partition coefficient (Wildman–Crippen LogP) is 2.90. The van der Waals surface area contributed by atoms with Crippen LogP contribution in [0.4, 0.5) is 11.4 Å². The average molecular weight is 426 g/mol. The van der Waals surface area contributed by atoms with E-state index in [4.69, 9.17) is 10.7 Å². The molecule has 160 valence electrons. The van der Waals surface area contributed by atoms with Crippen molar-refractivity contribution in [2.75, 3.05) is 43.9 Å². The van der Waals surface area contributed by atoms with Gasteiger partial charge in [0.05, 0.1) is 34.8 Å². The minimum atomic E-state index is 0.635. The van der Waals surface area contributed by atoms with E-state index in [0.717, 1.165) is 76.4 Å². The third-order valence-electron chi connectivity index (χ3n) is 6.10. The number of rotatable bonds is 3. The van der Waals surface area contributed by atoms with Gasteiger partial charge in [-0.2, -0.15) is 5.10 Å². The van der Waals surface area contributed by atoms with Crippen LogP contribution in [0.1, 0.15) is 0 Å². The van der Waals surface area contributed by atoms with Gasteiger partial charge in [0.2, 0.25) is 0 Å². The molecule has 1 aliphatic rings. The molecule has 4 N–H and O–H groups in total. The number of H-pyrrole nitrogens is 2. The van der Waals surface area contributed by atoms with Crippen molar-refractivity contribution >= 4 is 33.3 Å². The zero-order valence-electron chi connectivity index (χ0n) is 17.7. The maximum atomic E-state index is 5.93. The lowest BCUT2D eigenvalue weighted by Gasteiger charge is -2.33. The molecule has 9 heteroatoms. The highest BCUT2D eigenvalue weighted by atomic mass is 15.3. The Morgan fingerprint density at radius 3 is 2.59 bits per heavy atom. The summed E-state index contributed by atoms with van der Waals surface area (Å²) >= 11 is 0. The van der Waals surface area contributed by atoms with Crippen LogP contribution in [0.2, 0.25) is 0 Å². The quantitative estimate of drug-likeness (QED) is 0.407. The van der Waals surface area contributed by atoms with E-state index in [1.807, 2.05) is 36.8 Å². The molecule has 1 aromatic carbocycles. The van der Waals surface area contributed by atoms with Crippen LogP contribution in [0, 0.1) is 0 Å². The van der Waals surface area contributed by atoms with Crippen molar-refractivity contribution in [3.63, 3.8) is 0 Å². The third-order valence-corrected chi connectivity index (χ3v) is 6.10. The number of benzene rings is 1. The van der Waals surface area contributed by atoms with Crippen molar-refractivity contribution in [2.45, 2.75) is 0 Å². The first kappa shape index (κ1) is 18.8. The molecule has 0 spiro atoms. The number of hydrogen-bond donors (Lipinski definition) is 3. The number of aromatic nitrogens is 6. The molecule has 0 unspecified atom stereocenters. The van der Waals surface area contributed by atoms with E-state index in [1.165, 1.54) is 0 Å². The van der Waals surface area contributed by atoms with Crippen molar-refractivity contribution in [2.24, 2.45) is 0 Å². The lowest BCUT2D eigenvalue weighted by molar-refractivity contribution is 0.313. The molecule has 0 saturated carbocycles. The zero-order valence-corrected chi connectivity index (χ0v) is 17.7. The number of nitrogen functional groups attached to an aromatic ring is 1. The number of nitrogens with zero attached hydrogens (tertiary/aromatic N) is 6. The molecule has 0 atom stereocenters. The van der Waals surface area contributed by atoms with Crippen molar-refractivity contribution < 1.29 is 0 Å². The van der Waals surface area contributed by atoms with E-state index in [0.29, 0.717) is 5.69 Å². The molecule has 0 aliphatic carbocycles. The normalized spacial score (nSPS) is 15.1. The van der Waals surface area contributed by atoms with E-state index in [2.05, 4.69) is 48.1 Å². The molecular formula is C23H23N9. The Bertz CT molecular complexity index is 1430. The number of pyridine rings is 2. The molecule has 1 saturated heterocycles. The number of nitrogens with one attached hydrogen (secondary N) is 2. The van der Waals surface area contributed by atoms with Gasteiger partial charge < -0.3 is 20.5 Å². The molecule has 1 fully saturated rings. The SMILES string of the molecule is CN1CCN(c2cncc3[nH]c(-c4n[nH]c5ccc(-c6cncc(N)c6)cc45)nc23)CC1. The van der Waals surface area contributed by atoms with Gasteiger partial charge in [0.15, 0.2) is 5.82 Å². The van der Waals surface area contributed by atoms with Crippen LogP contribution in [-0.2, 0) is 0 Å². The standard InChI is InChI=1S/C23H23N9/c1-31-4-6-32(7-5-31)20-13-26-12-19-22(20)28-23(27-19)21-17-9-14(2-3-18(17)29-30-21)15-8-16(24)11-25-10-15/h2-3,8-13H,4-7,24H2,1H3,(H,27,28)(H,29,30). The van der Waals surface area contributed by atoms with Crippen LogP contribution in [0.25, 0.3) is 44.6 Å². The fourth-order valence-electron chi connectivity index (χ4n) is 4.30. The van der Waals surface area contributed by atoms with Crippen molar-refractivity contribution in [1.82, 2.24) is 35.0 Å². The number of hydrogen-bond acceptors (Lipinski definition) is 7. The summed E-state index contributed by atoms with van der Waals surface area (Å²) in [5, 5.41) is 8.67. The smallest absolute Gasteiger partial charge is 0.159 e. The second kappa shape index (κ2) is 7.31. The van der Waals surface area contributed by atoms with Gasteiger partial charge in [0.25, 0.3) is 0 Å². The Balaban J connectivity index is 1.44. The summed E-state index contributed by atoms with van der Waals surface area (Å²) < 4.78 is 0. The topological polar surface area (TPSA) is 116 Å². The molecule has 5 heterocycles. The minimum absolute atomic E-state index is 0.635. The van der Waals surface area contributed by atoms with E-state index in [1.54, 1.807) is 6.20 Å². The van der Waals surface area contributed by atoms with Gasteiger partial charge in [-0.25, -0.2) is 4.98 Å². The summed E-state index contributed by atoms with van der Waals surface area (Å²) in [5.41, 5.74) is 13.2. The molecule has 0 radical (unpaired) electrons. The Hall–Kier alpha value is -3.98. The molecule has 32 heavy (non-hydrogen) atoms. The summed E-state index contributed by atoms with van der Waals surface area (Å²) in [6.45, 7) is 3.98. The van der Waals surface area contributed by atoms with E-state index in [-0.39, 0.29) is 0 Å². The highest BCUT2D eigenvalue weighted by molar-refractivity contribution is 5.97. The third kappa shape index (κ3) is 3.14. The van der Waals surface area contributed by atoms with Crippen LogP contribution in [0.5, 0.6) is 0 Å². The number of nitrogens with two attached hydrogens (primary N) is 1. The van der Waals surface area contributed by atoms with Crippen molar-refractivity contribution in [3.8, 4) is 22.6 Å². The summed E-state index contributed by atoms with van der Waals surface area (Å²) in [7, 11) is 2.15. The lowest BCUT2D eigenvalue weighted by Crippen LogP contribution is -2.44. The second-order valence-corrected chi connectivity index (χ2v) is 8.27.